The van der Waals surface area contributed by atoms with Gasteiger partial charge in [-0.15, -0.1) is 0 Å². The molecule has 6 fully saturated rings. The van der Waals surface area contributed by atoms with Crippen LogP contribution in [0.4, 0.5) is 27.3 Å². The van der Waals surface area contributed by atoms with E-state index in [0.29, 0.717) is 106 Å². The Morgan fingerprint density at radius 1 is 0.840 bits per heavy atom. The number of piperidine rings is 2. The third-order valence-electron chi connectivity index (χ3n) is 17.6. The van der Waals surface area contributed by atoms with E-state index in [1.807, 2.05) is 26.5 Å². The van der Waals surface area contributed by atoms with Gasteiger partial charge < -0.3 is 49.5 Å². The molecule has 2 aromatic carbocycles. The van der Waals surface area contributed by atoms with E-state index in [1.165, 1.54) is 25.3 Å². The van der Waals surface area contributed by atoms with Crippen LogP contribution in [0.25, 0.3) is 22.3 Å². The molecule has 2 atom stereocenters. The fraction of sp³-hybridized carbons (Fsp3) is 0.526. The molecule has 7 aliphatic rings. The Hall–Kier alpha value is -6.66. The number of ether oxygens (including phenoxy) is 1. The third-order valence-corrected chi connectivity index (χ3v) is 17.6. The number of carbonyl (C=O) groups excluding carboxylic acids is 4. The van der Waals surface area contributed by atoms with E-state index in [1.54, 1.807) is 41.7 Å². The second-order valence-electron chi connectivity index (χ2n) is 22.4. The minimum absolute atomic E-state index is 0.0673. The molecule has 4 saturated heterocycles. The highest BCUT2D eigenvalue weighted by Crippen LogP contribution is 2.52. The van der Waals surface area contributed by atoms with E-state index in [2.05, 4.69) is 57.5 Å². The Morgan fingerprint density at radius 3 is 2.35 bits per heavy atom. The van der Waals surface area contributed by atoms with Crippen LogP contribution in [0.15, 0.2) is 73.2 Å². The Balaban J connectivity index is 0.715. The lowest BCUT2D eigenvalue weighted by Gasteiger charge is -2.48. The number of amides is 4. The number of benzene rings is 2. The number of aromatic nitrogens is 4. The molecule has 4 amide bonds. The van der Waals surface area contributed by atoms with E-state index in [0.717, 1.165) is 66.6 Å². The molecule has 3 aromatic heterocycles. The zero-order valence-electron chi connectivity index (χ0n) is 43.0. The van der Waals surface area contributed by atoms with Gasteiger partial charge in [0.1, 0.15) is 17.4 Å². The smallest absolute Gasteiger partial charge is 0.238 e. The normalized spacial score (nSPS) is 25.9. The fourth-order valence-corrected chi connectivity index (χ4v) is 13.2. The van der Waals surface area contributed by atoms with Crippen molar-refractivity contribution < 1.29 is 33.4 Å². The summed E-state index contributed by atoms with van der Waals surface area (Å²) in [7, 11) is 0. The SMILES string of the molecule is CC(C)n1cnc2cc(-c3ccc4c(c3)N(C3CC(N5CCCCC5)C3)C(=O)C43CCN(C(=O)[C@@H]4CCN(C(=O)C5CCC(Oc6ccc(N7CCC(=O)NC7O)cn6)CC5)C4)CC3)nc(Nc3ccccc3F)c21. The molecule has 12 rings (SSSR count). The number of halogens is 1. The molecule has 8 heterocycles. The number of fused-ring (bicyclic) bond motifs is 3. The van der Waals surface area contributed by atoms with Crippen molar-refractivity contribution >= 4 is 57.5 Å². The Morgan fingerprint density at radius 2 is 1.61 bits per heavy atom. The van der Waals surface area contributed by atoms with E-state index in [-0.39, 0.29) is 59.5 Å². The topological polar surface area (TPSA) is 182 Å². The summed E-state index contributed by atoms with van der Waals surface area (Å²) in [6.45, 7) is 8.67. The van der Waals surface area contributed by atoms with Gasteiger partial charge in [-0.2, -0.15) is 0 Å². The van der Waals surface area contributed by atoms with E-state index in [4.69, 9.17) is 14.7 Å². The van der Waals surface area contributed by atoms with Gasteiger partial charge in [0.25, 0.3) is 0 Å². The molecule has 18 heteroatoms. The van der Waals surface area contributed by atoms with E-state index in [9.17, 15) is 19.5 Å². The number of aliphatic hydroxyl groups is 1. The molecule has 75 heavy (non-hydrogen) atoms. The highest BCUT2D eigenvalue weighted by Gasteiger charge is 2.56. The van der Waals surface area contributed by atoms with Crippen molar-refractivity contribution in [3.63, 3.8) is 0 Å². The van der Waals surface area contributed by atoms with Crippen LogP contribution < -0.4 is 25.2 Å². The van der Waals surface area contributed by atoms with Crippen LogP contribution in [0.5, 0.6) is 5.88 Å². The van der Waals surface area contributed by atoms with Gasteiger partial charge in [-0.1, -0.05) is 30.7 Å². The number of hydrogen-bond acceptors (Lipinski definition) is 12. The zero-order valence-corrected chi connectivity index (χ0v) is 43.0. The van der Waals surface area contributed by atoms with Crippen LogP contribution >= 0.6 is 0 Å². The van der Waals surface area contributed by atoms with Crippen molar-refractivity contribution in [3.8, 4) is 17.1 Å². The minimum Gasteiger partial charge on any atom is -0.474 e. The molecule has 394 valence electrons. The second kappa shape index (κ2) is 20.1. The average molecular weight is 1020 g/mol. The molecule has 2 saturated carbocycles. The average Bonchev–Trinajstić information content (AvgIpc) is 4.16. The van der Waals surface area contributed by atoms with Gasteiger partial charge in [0.05, 0.1) is 46.4 Å². The van der Waals surface area contributed by atoms with Gasteiger partial charge in [0.2, 0.25) is 35.9 Å². The summed E-state index contributed by atoms with van der Waals surface area (Å²) in [4.78, 5) is 79.8. The fourth-order valence-electron chi connectivity index (χ4n) is 13.2. The van der Waals surface area contributed by atoms with Crippen molar-refractivity contribution in [1.29, 1.82) is 0 Å². The number of nitrogens with one attached hydrogen (secondary N) is 2. The number of aliphatic hydroxyl groups excluding tert-OH is 1. The van der Waals surface area contributed by atoms with Crippen molar-refractivity contribution in [3.05, 3.63) is 84.6 Å². The van der Waals surface area contributed by atoms with Crippen LogP contribution in [-0.4, -0.2) is 133 Å². The molecule has 3 N–H and O–H groups in total. The largest absolute Gasteiger partial charge is 0.474 e. The summed E-state index contributed by atoms with van der Waals surface area (Å²) in [5, 5.41) is 16.1. The van der Waals surface area contributed by atoms with Gasteiger partial charge in [0, 0.05) is 80.5 Å². The van der Waals surface area contributed by atoms with Crippen LogP contribution in [0.1, 0.15) is 109 Å². The van der Waals surface area contributed by atoms with Crippen molar-refractivity contribution in [2.75, 3.05) is 60.9 Å². The number of imidazole rings is 1. The van der Waals surface area contributed by atoms with Crippen molar-refractivity contribution in [2.24, 2.45) is 11.8 Å². The van der Waals surface area contributed by atoms with Crippen molar-refractivity contribution in [2.45, 2.75) is 133 Å². The summed E-state index contributed by atoms with van der Waals surface area (Å²) in [5.74, 6) is 0.312. The lowest BCUT2D eigenvalue weighted by Crippen LogP contribution is -2.58. The highest BCUT2D eigenvalue weighted by molar-refractivity contribution is 6.09. The molecule has 5 aliphatic heterocycles. The number of hydrogen-bond donors (Lipinski definition) is 3. The van der Waals surface area contributed by atoms with E-state index >= 15 is 9.18 Å². The van der Waals surface area contributed by atoms with Gasteiger partial charge in [-0.25, -0.2) is 19.3 Å². The number of anilines is 4. The number of likely N-dealkylation sites (tertiary alicyclic amines) is 3. The molecule has 1 spiro atoms. The number of pyridine rings is 2. The summed E-state index contributed by atoms with van der Waals surface area (Å²) >= 11 is 0. The van der Waals surface area contributed by atoms with Crippen LogP contribution in [0, 0.1) is 17.7 Å². The maximum Gasteiger partial charge on any atom is 0.238 e. The molecule has 2 aliphatic carbocycles. The first-order valence-corrected chi connectivity index (χ1v) is 27.5. The summed E-state index contributed by atoms with van der Waals surface area (Å²) in [6.07, 6.45) is 12.6. The zero-order chi connectivity index (χ0) is 51.5. The standard InChI is InChI=1S/C57H68FN11O6/c1-35(2)68-34-60-47-31-46(62-52(51(47)68)61-45-9-5-4-8-44(45)58)37-12-16-43-48(28-37)69(41-29-40(30-41)64-22-6-3-7-23-64)55(73)57(43)20-26-65(27-21-57)54(72)38-18-24-66(33-38)53(71)36-10-14-42(15-11-36)75-50-17-13-39(32-59-50)67-25-19-49(70)63-56(67)74/h4-5,8-9,12-13,16-17,28,31-32,34-36,38,40-42,56,74H,3,6-7,10-11,14-15,18-27,29-30,33H2,1-2H3,(H,61,62)(H,63,70)/t36?,38-,40?,41?,42?,56?/m1/s1. The lowest BCUT2D eigenvalue weighted by molar-refractivity contribution is -0.140. The van der Waals surface area contributed by atoms with Gasteiger partial charge in [0.15, 0.2) is 5.82 Å². The molecular weight excluding hydrogens is 954 g/mol. The Bertz CT molecular complexity index is 2980. The van der Waals surface area contributed by atoms with E-state index < -0.39 is 11.8 Å². The molecule has 5 aromatic rings. The predicted octanol–water partition coefficient (Wildman–Crippen LogP) is 7.27. The van der Waals surface area contributed by atoms with Crippen LogP contribution in [0.3, 0.4) is 0 Å². The monoisotopic (exact) mass is 1020 g/mol. The first kappa shape index (κ1) is 49.2. The second-order valence-corrected chi connectivity index (χ2v) is 22.4. The maximum atomic E-state index is 15.3. The highest BCUT2D eigenvalue weighted by atomic mass is 19.1. The van der Waals surface area contributed by atoms with Crippen LogP contribution in [-0.2, 0) is 24.6 Å². The minimum atomic E-state index is -1.10. The Labute approximate surface area is 436 Å². The Kier molecular flexibility index (Phi) is 13.2. The van der Waals surface area contributed by atoms with Crippen molar-refractivity contribution in [1.82, 2.24) is 39.5 Å². The lowest BCUT2D eigenvalue weighted by atomic mass is 9.73. The maximum absolute atomic E-state index is 15.3. The summed E-state index contributed by atoms with van der Waals surface area (Å²) < 4.78 is 23.4. The molecule has 17 nitrogen and oxygen atoms in total. The molecule has 0 radical (unpaired) electrons. The van der Waals surface area contributed by atoms with Crippen LogP contribution in [0.2, 0.25) is 0 Å². The van der Waals surface area contributed by atoms with Gasteiger partial charge >= 0.3 is 0 Å². The quantitative estimate of drug-likeness (QED) is 0.121. The number of para-hydroxylation sites is 1. The number of rotatable bonds is 11. The molecule has 1 unspecified atom stereocenters. The first-order chi connectivity index (χ1) is 36.4. The summed E-state index contributed by atoms with van der Waals surface area (Å²) in [5.41, 5.74) is 5.20. The third kappa shape index (κ3) is 9.25. The number of carbonyl (C=O) groups is 4. The molecular formula is C57H68FN11O6. The predicted molar refractivity (Wildman–Crippen MR) is 282 cm³/mol. The van der Waals surface area contributed by atoms with Gasteiger partial charge in [-0.3, -0.25) is 19.2 Å². The summed E-state index contributed by atoms with van der Waals surface area (Å²) in [6, 6.07) is 19.1. The van der Waals surface area contributed by atoms with Gasteiger partial charge in [-0.05, 0) is 133 Å². The molecule has 0 bridgehead atoms. The number of nitrogens with zero attached hydrogens (tertiary/aromatic N) is 9. The first-order valence-electron chi connectivity index (χ1n) is 27.5.